The van der Waals surface area contributed by atoms with Crippen molar-refractivity contribution in [3.63, 3.8) is 0 Å². The number of aliphatic hydroxyl groups excluding tert-OH is 4. The van der Waals surface area contributed by atoms with Crippen LogP contribution in [0, 0.1) is 10.1 Å². The lowest BCUT2D eigenvalue weighted by Crippen LogP contribution is -2.68. The molecule has 1 aromatic carbocycles. The highest BCUT2D eigenvalue weighted by Gasteiger charge is 2.57. The molecule has 0 aliphatic carbocycles. The van der Waals surface area contributed by atoms with E-state index in [1.807, 2.05) is 0 Å². The van der Waals surface area contributed by atoms with Crippen LogP contribution in [0.1, 0.15) is 13.3 Å². The Morgan fingerprint density at radius 3 is 2.45 bits per heavy atom. The van der Waals surface area contributed by atoms with E-state index in [0.717, 1.165) is 26.2 Å². The summed E-state index contributed by atoms with van der Waals surface area (Å²) >= 11 is 0. The molecule has 1 amide bonds. The smallest absolute Gasteiger partial charge is 0.379 e. The molecular formula is C18H24N2O11. The minimum atomic E-state index is -2.33. The maximum Gasteiger partial charge on any atom is 0.379 e. The summed E-state index contributed by atoms with van der Waals surface area (Å²) in [5, 5.41) is 53.3. The van der Waals surface area contributed by atoms with Gasteiger partial charge in [-0.25, -0.2) is 4.79 Å². The van der Waals surface area contributed by atoms with Gasteiger partial charge in [0.2, 0.25) is 5.91 Å². The molecule has 0 bridgehead atoms. The Bertz CT molecular complexity index is 802. The van der Waals surface area contributed by atoms with E-state index in [9.17, 15) is 35.0 Å². The van der Waals surface area contributed by atoms with Gasteiger partial charge in [-0.2, -0.15) is 0 Å². The molecule has 1 aliphatic rings. The summed E-state index contributed by atoms with van der Waals surface area (Å²) in [5.41, 5.74) is -0.242. The molecular weight excluding hydrogens is 420 g/mol. The number of methoxy groups -OCH3 is 1. The number of ether oxygens (including phenoxy) is 3. The number of nitro groups is 1. The van der Waals surface area contributed by atoms with Crippen LogP contribution in [-0.4, -0.2) is 87.2 Å². The number of carbonyl (C=O) groups is 2. The zero-order valence-electron chi connectivity index (χ0n) is 16.7. The maximum atomic E-state index is 12.6. The Morgan fingerprint density at radius 2 is 1.97 bits per heavy atom. The van der Waals surface area contributed by atoms with Gasteiger partial charge in [0.25, 0.3) is 5.69 Å². The zero-order valence-corrected chi connectivity index (χ0v) is 16.7. The fourth-order valence-corrected chi connectivity index (χ4v) is 3.21. The molecule has 31 heavy (non-hydrogen) atoms. The van der Waals surface area contributed by atoms with E-state index in [0.29, 0.717) is 0 Å². The number of nitrogens with zero attached hydrogens (tertiary/aromatic N) is 1. The summed E-state index contributed by atoms with van der Waals surface area (Å²) in [6.07, 6.45) is -7.25. The number of non-ortho nitro benzene ring substituents is 1. The average molecular weight is 444 g/mol. The lowest BCUT2D eigenvalue weighted by Gasteiger charge is -2.46. The molecule has 5 N–H and O–H groups in total. The van der Waals surface area contributed by atoms with E-state index in [2.05, 4.69) is 5.32 Å². The van der Waals surface area contributed by atoms with Gasteiger partial charge in [-0.05, 0) is 12.1 Å². The van der Waals surface area contributed by atoms with Gasteiger partial charge in [-0.3, -0.25) is 14.9 Å². The third kappa shape index (κ3) is 5.45. The quantitative estimate of drug-likeness (QED) is 0.172. The zero-order chi connectivity index (χ0) is 23.3. The Labute approximate surface area is 176 Å². The molecule has 1 fully saturated rings. The standard InChI is InChI=1S/C18H24N2O11/c1-9(22)19-14-12(23)7-18(17(26)29-2,31-16(14)15(25)13(24)8-21)30-11-5-3-10(4-6-11)20(27)28/h3-6,12-16,21,23-25H,7-8H2,1-2H3,(H,19,22)/t12-,13-,14-,15+,16+,18-/m0/s1. The maximum absolute atomic E-state index is 12.6. The van der Waals surface area contributed by atoms with Crippen LogP contribution in [0.5, 0.6) is 5.75 Å². The number of rotatable bonds is 8. The van der Waals surface area contributed by atoms with Crippen LogP contribution in [0.3, 0.4) is 0 Å². The second-order valence-corrected chi connectivity index (χ2v) is 6.92. The van der Waals surface area contributed by atoms with Crippen LogP contribution in [0.2, 0.25) is 0 Å². The summed E-state index contributed by atoms with van der Waals surface area (Å²) in [6, 6.07) is 3.33. The van der Waals surface area contributed by atoms with Crippen molar-refractivity contribution in [2.75, 3.05) is 13.7 Å². The summed E-state index contributed by atoms with van der Waals surface area (Å²) in [4.78, 5) is 34.3. The fourth-order valence-electron chi connectivity index (χ4n) is 3.21. The predicted octanol–water partition coefficient (Wildman–Crippen LogP) is -1.79. The summed E-state index contributed by atoms with van der Waals surface area (Å²) in [6.45, 7) is 0.270. The lowest BCUT2D eigenvalue weighted by molar-refractivity contribution is -0.384. The molecule has 0 aromatic heterocycles. The van der Waals surface area contributed by atoms with E-state index in [1.165, 1.54) is 12.1 Å². The Hall–Kier alpha value is -2.84. The van der Waals surface area contributed by atoms with Crippen molar-refractivity contribution in [1.82, 2.24) is 5.32 Å². The molecule has 1 aliphatic heterocycles. The van der Waals surface area contributed by atoms with E-state index in [4.69, 9.17) is 19.3 Å². The fraction of sp³-hybridized carbons (Fsp3) is 0.556. The van der Waals surface area contributed by atoms with Crippen LogP contribution >= 0.6 is 0 Å². The van der Waals surface area contributed by atoms with Crippen molar-refractivity contribution >= 4 is 17.6 Å². The van der Waals surface area contributed by atoms with Crippen molar-refractivity contribution < 1.29 is 49.1 Å². The molecule has 13 nitrogen and oxygen atoms in total. The van der Waals surface area contributed by atoms with Gasteiger partial charge in [-0.15, -0.1) is 0 Å². The van der Waals surface area contributed by atoms with Crippen LogP contribution in [-0.2, 0) is 19.1 Å². The molecule has 6 atom stereocenters. The largest absolute Gasteiger partial charge is 0.464 e. The minimum Gasteiger partial charge on any atom is -0.464 e. The Kier molecular flexibility index (Phi) is 7.86. The third-order valence-corrected chi connectivity index (χ3v) is 4.69. The van der Waals surface area contributed by atoms with Crippen LogP contribution in [0.4, 0.5) is 5.69 Å². The second kappa shape index (κ2) is 9.98. The van der Waals surface area contributed by atoms with Gasteiger partial charge in [-0.1, -0.05) is 0 Å². The van der Waals surface area contributed by atoms with Crippen molar-refractivity contribution in [3.05, 3.63) is 34.4 Å². The van der Waals surface area contributed by atoms with Gasteiger partial charge < -0.3 is 40.0 Å². The molecule has 172 valence electrons. The van der Waals surface area contributed by atoms with Gasteiger partial charge in [0.05, 0.1) is 37.2 Å². The predicted molar refractivity (Wildman–Crippen MR) is 101 cm³/mol. The van der Waals surface area contributed by atoms with Crippen molar-refractivity contribution in [2.24, 2.45) is 0 Å². The molecule has 0 unspecified atom stereocenters. The van der Waals surface area contributed by atoms with E-state index >= 15 is 0 Å². The SMILES string of the molecule is COC(=O)[C@]1(Oc2ccc([N+](=O)[O-])cc2)C[C@H](O)[C@H](NC(C)=O)[C@H]([C@H](O)[C@@H](O)CO)O1. The number of esters is 1. The highest BCUT2D eigenvalue weighted by atomic mass is 16.7. The molecule has 0 radical (unpaired) electrons. The average Bonchev–Trinajstić information content (AvgIpc) is 2.73. The topological polar surface area (TPSA) is 198 Å². The first-order chi connectivity index (χ1) is 14.5. The lowest BCUT2D eigenvalue weighted by atomic mass is 9.88. The Morgan fingerprint density at radius 1 is 1.35 bits per heavy atom. The molecule has 0 spiro atoms. The van der Waals surface area contributed by atoms with E-state index in [-0.39, 0.29) is 11.4 Å². The second-order valence-electron chi connectivity index (χ2n) is 6.92. The van der Waals surface area contributed by atoms with Crippen LogP contribution < -0.4 is 10.1 Å². The summed E-state index contributed by atoms with van der Waals surface area (Å²) < 4.78 is 16.0. The van der Waals surface area contributed by atoms with Gasteiger partial charge in [0.1, 0.15) is 24.1 Å². The van der Waals surface area contributed by atoms with Gasteiger partial charge >= 0.3 is 11.8 Å². The summed E-state index contributed by atoms with van der Waals surface area (Å²) in [7, 11) is 1.02. The van der Waals surface area contributed by atoms with Crippen molar-refractivity contribution in [2.45, 2.75) is 49.6 Å². The normalized spacial score (nSPS) is 27.6. The third-order valence-electron chi connectivity index (χ3n) is 4.69. The molecule has 2 rings (SSSR count). The van der Waals surface area contributed by atoms with Gasteiger partial charge in [0.15, 0.2) is 0 Å². The van der Waals surface area contributed by atoms with Crippen LogP contribution in [0.25, 0.3) is 0 Å². The van der Waals surface area contributed by atoms with Gasteiger partial charge in [0, 0.05) is 19.1 Å². The first kappa shape index (κ1) is 24.4. The number of hydrogen-bond donors (Lipinski definition) is 5. The molecule has 1 heterocycles. The number of carbonyl (C=O) groups excluding carboxylic acids is 2. The first-order valence-electron chi connectivity index (χ1n) is 9.16. The number of nitro benzene ring substituents is 1. The number of nitrogens with one attached hydrogen (secondary N) is 1. The molecule has 1 aromatic rings. The number of hydrogen-bond acceptors (Lipinski definition) is 11. The minimum absolute atomic E-state index is 0.0582. The number of amides is 1. The Balaban J connectivity index is 2.44. The van der Waals surface area contributed by atoms with E-state index < -0.39 is 66.1 Å². The molecule has 0 saturated carbocycles. The highest BCUT2D eigenvalue weighted by molar-refractivity contribution is 5.79. The first-order valence-corrected chi connectivity index (χ1v) is 9.16. The number of benzene rings is 1. The summed E-state index contributed by atoms with van der Waals surface area (Å²) in [5.74, 6) is -4.09. The van der Waals surface area contributed by atoms with Crippen molar-refractivity contribution in [3.8, 4) is 5.75 Å². The van der Waals surface area contributed by atoms with E-state index in [1.54, 1.807) is 0 Å². The molecule has 1 saturated heterocycles. The number of aliphatic hydroxyl groups is 4. The monoisotopic (exact) mass is 444 g/mol. The van der Waals surface area contributed by atoms with Crippen molar-refractivity contribution in [1.29, 1.82) is 0 Å². The van der Waals surface area contributed by atoms with Crippen LogP contribution in [0.15, 0.2) is 24.3 Å². The molecule has 13 heteroatoms. The highest BCUT2D eigenvalue weighted by Crippen LogP contribution is 2.35.